The molecule has 0 heterocycles. The van der Waals surface area contributed by atoms with E-state index in [0.29, 0.717) is 12.5 Å². The van der Waals surface area contributed by atoms with E-state index in [9.17, 15) is 5.11 Å². The van der Waals surface area contributed by atoms with Crippen LogP contribution in [-0.2, 0) is 4.74 Å². The maximum Gasteiger partial charge on any atom is 0.0975 e. The minimum absolute atomic E-state index is 0.0172. The van der Waals surface area contributed by atoms with E-state index in [4.69, 9.17) is 9.84 Å². The smallest absolute Gasteiger partial charge is 0.0975 e. The van der Waals surface area contributed by atoms with E-state index in [0.717, 1.165) is 24.2 Å². The van der Waals surface area contributed by atoms with Gasteiger partial charge >= 0.3 is 0 Å². The minimum atomic E-state index is -0.536. The van der Waals surface area contributed by atoms with E-state index in [1.54, 1.807) is 0 Å². The Balaban J connectivity index is 2.60. The average molecular weight is 214 g/mol. The summed E-state index contributed by atoms with van der Waals surface area (Å²) in [6.07, 6.45) is 1.11. The lowest BCUT2D eigenvalue weighted by Crippen LogP contribution is -2.30. The third-order valence-electron chi connectivity index (χ3n) is 2.90. The molecule has 3 heteroatoms. The number of hydrogen-bond donors (Lipinski definition) is 2. The van der Waals surface area contributed by atoms with Crippen LogP contribution in [0.4, 0.5) is 0 Å². The molecule has 0 aromatic carbocycles. The van der Waals surface area contributed by atoms with Crippen LogP contribution < -0.4 is 0 Å². The Hall–Kier alpha value is -0.540. The van der Waals surface area contributed by atoms with Crippen molar-refractivity contribution in [2.45, 2.75) is 39.7 Å². The highest BCUT2D eigenvalue weighted by atomic mass is 16.5. The number of aliphatic hydroxyl groups is 2. The van der Waals surface area contributed by atoms with Crippen molar-refractivity contribution < 1.29 is 14.9 Å². The van der Waals surface area contributed by atoms with Gasteiger partial charge in [0.15, 0.2) is 0 Å². The van der Waals surface area contributed by atoms with Crippen molar-refractivity contribution in [3.63, 3.8) is 0 Å². The van der Waals surface area contributed by atoms with Crippen LogP contribution in [0.25, 0.3) is 0 Å². The standard InChI is InChI=1S/C12H22O3/c1-8(2)7-15-11-5-4-10(6-13)12(14)9(11)3/h8,10,12-14H,4-7H2,1-3H3. The molecule has 0 aromatic heterocycles. The molecule has 1 rings (SSSR count). The molecule has 0 radical (unpaired) electrons. The first kappa shape index (κ1) is 12.5. The van der Waals surface area contributed by atoms with E-state index in [1.165, 1.54) is 0 Å². The fraction of sp³-hybridized carbons (Fsp3) is 0.833. The van der Waals surface area contributed by atoms with E-state index < -0.39 is 6.10 Å². The van der Waals surface area contributed by atoms with Gasteiger partial charge in [0.1, 0.15) is 0 Å². The van der Waals surface area contributed by atoms with Gasteiger partial charge in [-0.05, 0) is 24.8 Å². The Bertz CT molecular complexity index is 233. The van der Waals surface area contributed by atoms with Crippen LogP contribution in [0.3, 0.4) is 0 Å². The number of ether oxygens (including phenoxy) is 1. The summed E-state index contributed by atoms with van der Waals surface area (Å²) in [4.78, 5) is 0. The van der Waals surface area contributed by atoms with Crippen LogP contribution in [0, 0.1) is 11.8 Å². The van der Waals surface area contributed by atoms with Crippen molar-refractivity contribution in [2.24, 2.45) is 11.8 Å². The molecule has 0 saturated carbocycles. The number of allylic oxidation sites excluding steroid dienone is 1. The summed E-state index contributed by atoms with van der Waals surface area (Å²) in [5.74, 6) is 1.40. The van der Waals surface area contributed by atoms with Crippen molar-refractivity contribution in [3.8, 4) is 0 Å². The van der Waals surface area contributed by atoms with Crippen molar-refractivity contribution in [1.29, 1.82) is 0 Å². The van der Waals surface area contributed by atoms with Crippen LogP contribution >= 0.6 is 0 Å². The SMILES string of the molecule is CC1=C(OCC(C)C)CCC(CO)C1O. The maximum atomic E-state index is 9.88. The summed E-state index contributed by atoms with van der Waals surface area (Å²) in [5, 5.41) is 18.9. The number of aliphatic hydroxyl groups excluding tert-OH is 2. The predicted molar refractivity (Wildman–Crippen MR) is 59.3 cm³/mol. The van der Waals surface area contributed by atoms with E-state index >= 15 is 0 Å². The highest BCUT2D eigenvalue weighted by Gasteiger charge is 2.28. The molecule has 0 fully saturated rings. The molecule has 0 aliphatic heterocycles. The van der Waals surface area contributed by atoms with Gasteiger partial charge in [0.05, 0.1) is 18.5 Å². The molecular weight excluding hydrogens is 192 g/mol. The Morgan fingerprint density at radius 3 is 2.67 bits per heavy atom. The van der Waals surface area contributed by atoms with Crippen molar-refractivity contribution in [3.05, 3.63) is 11.3 Å². The van der Waals surface area contributed by atoms with E-state index in [1.807, 2.05) is 6.92 Å². The summed E-state index contributed by atoms with van der Waals surface area (Å²) in [7, 11) is 0. The quantitative estimate of drug-likeness (QED) is 0.749. The monoisotopic (exact) mass is 214 g/mol. The molecule has 2 N–H and O–H groups in total. The first-order chi connectivity index (χ1) is 7.06. The molecule has 0 amide bonds. The molecular formula is C12H22O3. The van der Waals surface area contributed by atoms with Gasteiger partial charge < -0.3 is 14.9 Å². The minimum Gasteiger partial charge on any atom is -0.498 e. The molecule has 0 bridgehead atoms. The van der Waals surface area contributed by atoms with E-state index in [2.05, 4.69) is 13.8 Å². The molecule has 88 valence electrons. The van der Waals surface area contributed by atoms with Crippen molar-refractivity contribution in [1.82, 2.24) is 0 Å². The van der Waals surface area contributed by atoms with Gasteiger partial charge in [0.2, 0.25) is 0 Å². The molecule has 0 saturated heterocycles. The van der Waals surface area contributed by atoms with Gasteiger partial charge in [-0.15, -0.1) is 0 Å². The first-order valence-electron chi connectivity index (χ1n) is 5.67. The number of rotatable bonds is 4. The van der Waals surface area contributed by atoms with Gasteiger partial charge in [0.25, 0.3) is 0 Å². The first-order valence-corrected chi connectivity index (χ1v) is 5.67. The fourth-order valence-electron chi connectivity index (χ4n) is 1.83. The van der Waals surface area contributed by atoms with Gasteiger partial charge in [-0.25, -0.2) is 0 Å². The van der Waals surface area contributed by atoms with Gasteiger partial charge in [-0.1, -0.05) is 13.8 Å². The zero-order valence-corrected chi connectivity index (χ0v) is 9.86. The summed E-state index contributed by atoms with van der Waals surface area (Å²) in [6, 6.07) is 0. The summed E-state index contributed by atoms with van der Waals surface area (Å²) in [5.41, 5.74) is 0.890. The second-order valence-electron chi connectivity index (χ2n) is 4.74. The van der Waals surface area contributed by atoms with Crippen LogP contribution in [0.2, 0.25) is 0 Å². The zero-order valence-electron chi connectivity index (χ0n) is 9.86. The predicted octanol–water partition coefficient (Wildman–Crippen LogP) is 1.70. The van der Waals surface area contributed by atoms with Gasteiger partial charge in [-0.3, -0.25) is 0 Å². The molecule has 1 aliphatic carbocycles. The van der Waals surface area contributed by atoms with E-state index in [-0.39, 0.29) is 12.5 Å². The molecule has 0 aromatic rings. The number of hydrogen-bond acceptors (Lipinski definition) is 3. The third-order valence-corrected chi connectivity index (χ3v) is 2.90. The van der Waals surface area contributed by atoms with Crippen molar-refractivity contribution >= 4 is 0 Å². The Kier molecular flexibility index (Phi) is 4.61. The Morgan fingerprint density at radius 1 is 1.47 bits per heavy atom. The molecule has 15 heavy (non-hydrogen) atoms. The lowest BCUT2D eigenvalue weighted by molar-refractivity contribution is 0.0592. The van der Waals surface area contributed by atoms with Crippen molar-refractivity contribution in [2.75, 3.05) is 13.2 Å². The third kappa shape index (κ3) is 3.21. The topological polar surface area (TPSA) is 49.7 Å². The molecule has 0 spiro atoms. The highest BCUT2D eigenvalue weighted by molar-refractivity contribution is 5.16. The summed E-state index contributed by atoms with van der Waals surface area (Å²) in [6.45, 7) is 6.85. The summed E-state index contributed by atoms with van der Waals surface area (Å²) >= 11 is 0. The molecule has 2 atom stereocenters. The Labute approximate surface area is 91.8 Å². The van der Waals surface area contributed by atoms with Crippen LogP contribution in [0.5, 0.6) is 0 Å². The molecule has 1 aliphatic rings. The average Bonchev–Trinajstić information content (AvgIpc) is 2.20. The fourth-order valence-corrected chi connectivity index (χ4v) is 1.83. The second-order valence-corrected chi connectivity index (χ2v) is 4.74. The summed E-state index contributed by atoms with van der Waals surface area (Å²) < 4.78 is 5.66. The van der Waals surface area contributed by atoms with Crippen LogP contribution in [0.1, 0.15) is 33.6 Å². The normalized spacial score (nSPS) is 27.3. The lowest BCUT2D eigenvalue weighted by atomic mass is 9.86. The van der Waals surface area contributed by atoms with Crippen LogP contribution in [0.15, 0.2) is 11.3 Å². The van der Waals surface area contributed by atoms with Crippen LogP contribution in [-0.4, -0.2) is 29.5 Å². The second kappa shape index (κ2) is 5.52. The zero-order chi connectivity index (χ0) is 11.4. The lowest BCUT2D eigenvalue weighted by Gasteiger charge is -2.29. The maximum absolute atomic E-state index is 9.88. The molecule has 3 nitrogen and oxygen atoms in total. The largest absolute Gasteiger partial charge is 0.498 e. The van der Waals surface area contributed by atoms with Gasteiger partial charge in [0, 0.05) is 18.9 Å². The highest BCUT2D eigenvalue weighted by Crippen LogP contribution is 2.30. The Morgan fingerprint density at radius 2 is 2.13 bits per heavy atom. The van der Waals surface area contributed by atoms with Gasteiger partial charge in [-0.2, -0.15) is 0 Å². The molecule has 2 unspecified atom stereocenters.